The first-order valence-corrected chi connectivity index (χ1v) is 9.45. The van der Waals surface area contributed by atoms with Gasteiger partial charge in [-0.15, -0.1) is 0 Å². The normalized spacial score (nSPS) is 14.8. The molecule has 0 heterocycles. The molecule has 150 valence electrons. The molecular weight excluding hydrogens is 374 g/mol. The molecule has 0 aromatic heterocycles. The summed E-state index contributed by atoms with van der Waals surface area (Å²) in [5.41, 5.74) is 1.19. The molecule has 1 fully saturated rings. The van der Waals surface area contributed by atoms with Gasteiger partial charge in [-0.25, -0.2) is 8.78 Å². The van der Waals surface area contributed by atoms with Crippen LogP contribution in [0.3, 0.4) is 0 Å². The Morgan fingerprint density at radius 3 is 2.00 bits per heavy atom. The van der Waals surface area contributed by atoms with Crippen molar-refractivity contribution in [1.82, 2.24) is 10.6 Å². The maximum Gasteiger partial charge on any atom is 0.244 e. The van der Waals surface area contributed by atoms with E-state index in [1.54, 1.807) is 30.3 Å². The molecule has 0 saturated heterocycles. The molecule has 29 heavy (non-hydrogen) atoms. The van der Waals surface area contributed by atoms with Gasteiger partial charge in [-0.2, -0.15) is 0 Å². The van der Waals surface area contributed by atoms with Crippen molar-refractivity contribution in [1.29, 1.82) is 0 Å². The summed E-state index contributed by atoms with van der Waals surface area (Å²) in [6, 6.07) is 11.7. The minimum Gasteiger partial charge on any atom is -0.350 e. The largest absolute Gasteiger partial charge is 0.350 e. The van der Waals surface area contributed by atoms with Gasteiger partial charge in [-0.3, -0.25) is 9.59 Å². The summed E-state index contributed by atoms with van der Waals surface area (Å²) in [5.74, 6) is -1.01. The van der Waals surface area contributed by atoms with Crippen LogP contribution < -0.4 is 10.6 Å². The lowest BCUT2D eigenvalue weighted by atomic mass is 10.1. The van der Waals surface area contributed by atoms with Crippen LogP contribution in [0.2, 0.25) is 0 Å². The Morgan fingerprint density at radius 2 is 1.48 bits per heavy atom. The van der Waals surface area contributed by atoms with Gasteiger partial charge in [0, 0.05) is 24.7 Å². The summed E-state index contributed by atoms with van der Waals surface area (Å²) >= 11 is 0. The maximum atomic E-state index is 13.2. The summed E-state index contributed by atoms with van der Waals surface area (Å²) in [6.45, 7) is 0.302. The number of hydrogen-bond donors (Lipinski definition) is 2. The van der Waals surface area contributed by atoms with E-state index in [4.69, 9.17) is 0 Å². The number of hydrogen-bond acceptors (Lipinski definition) is 2. The van der Waals surface area contributed by atoms with E-state index in [0.29, 0.717) is 23.6 Å². The van der Waals surface area contributed by atoms with Crippen molar-refractivity contribution in [3.05, 3.63) is 83.4 Å². The third-order valence-corrected chi connectivity index (χ3v) is 4.57. The zero-order chi connectivity index (χ0) is 20.6. The zero-order valence-corrected chi connectivity index (χ0v) is 15.8. The number of halogens is 2. The molecule has 2 N–H and O–H groups in total. The molecule has 1 aliphatic rings. The van der Waals surface area contributed by atoms with Gasteiger partial charge in [0.15, 0.2) is 0 Å². The van der Waals surface area contributed by atoms with Crippen molar-refractivity contribution < 1.29 is 18.4 Å². The van der Waals surface area contributed by atoms with E-state index in [1.807, 2.05) is 0 Å². The van der Waals surface area contributed by atoms with Crippen LogP contribution in [0.5, 0.6) is 0 Å². The Balaban J connectivity index is 1.49. The zero-order valence-electron chi connectivity index (χ0n) is 15.8. The van der Waals surface area contributed by atoms with Crippen LogP contribution in [0.25, 0.3) is 12.2 Å². The van der Waals surface area contributed by atoms with E-state index in [9.17, 15) is 18.4 Å². The molecule has 2 amide bonds. The second-order valence-corrected chi connectivity index (χ2v) is 6.97. The monoisotopic (exact) mass is 396 g/mol. The second-order valence-electron chi connectivity index (χ2n) is 6.97. The standard InChI is InChI=1S/C23H22F2N2O2/c24-19-5-1-3-16(13-19)7-11-22(28)26-15-21(18-9-10-18)27-23(29)12-8-17-4-2-6-20(25)14-17/h1-8,11-14,18,21H,9-10,15H2,(H,26,28)(H,27,29)/b11-7+,12-8+. The van der Waals surface area contributed by atoms with Crippen molar-refractivity contribution in [2.24, 2.45) is 5.92 Å². The summed E-state index contributed by atoms with van der Waals surface area (Å²) in [4.78, 5) is 24.2. The van der Waals surface area contributed by atoms with Crippen LogP contribution in [-0.4, -0.2) is 24.4 Å². The average molecular weight is 396 g/mol. The minimum atomic E-state index is -0.365. The number of nitrogens with one attached hydrogen (secondary N) is 2. The lowest BCUT2D eigenvalue weighted by Gasteiger charge is -2.17. The third kappa shape index (κ3) is 6.99. The van der Waals surface area contributed by atoms with Gasteiger partial charge in [0.25, 0.3) is 0 Å². The van der Waals surface area contributed by atoms with E-state index in [-0.39, 0.29) is 29.5 Å². The number of benzene rings is 2. The molecule has 0 aliphatic heterocycles. The maximum absolute atomic E-state index is 13.2. The lowest BCUT2D eigenvalue weighted by Crippen LogP contribution is -2.44. The van der Waals surface area contributed by atoms with Crippen LogP contribution in [0.1, 0.15) is 24.0 Å². The molecule has 0 radical (unpaired) electrons. The SMILES string of the molecule is O=C(/C=C/c1cccc(F)c1)NCC(NC(=O)/C=C/c1cccc(F)c1)C1CC1. The molecule has 0 bridgehead atoms. The highest BCUT2D eigenvalue weighted by molar-refractivity contribution is 5.93. The van der Waals surface area contributed by atoms with Crippen LogP contribution in [-0.2, 0) is 9.59 Å². The number of rotatable bonds is 8. The van der Waals surface area contributed by atoms with Gasteiger partial charge >= 0.3 is 0 Å². The average Bonchev–Trinajstić information content (AvgIpc) is 3.53. The second kappa shape index (κ2) is 9.78. The Morgan fingerprint density at radius 1 is 0.931 bits per heavy atom. The predicted octanol–water partition coefficient (Wildman–Crippen LogP) is 3.70. The summed E-state index contributed by atoms with van der Waals surface area (Å²) in [7, 11) is 0. The third-order valence-electron chi connectivity index (χ3n) is 4.57. The van der Waals surface area contributed by atoms with Gasteiger partial charge in [-0.05, 0) is 66.3 Å². The minimum absolute atomic E-state index is 0.175. The Kier molecular flexibility index (Phi) is 6.89. The Hall–Kier alpha value is -3.28. The molecule has 1 aliphatic carbocycles. The van der Waals surface area contributed by atoms with Crippen molar-refractivity contribution >= 4 is 24.0 Å². The van der Waals surface area contributed by atoms with Gasteiger partial charge in [0.1, 0.15) is 11.6 Å². The summed E-state index contributed by atoms with van der Waals surface area (Å²) in [5, 5.41) is 5.66. The molecule has 4 nitrogen and oxygen atoms in total. The van der Waals surface area contributed by atoms with Crippen molar-refractivity contribution in [2.75, 3.05) is 6.54 Å². The quantitative estimate of drug-likeness (QED) is 0.669. The highest BCUT2D eigenvalue weighted by Crippen LogP contribution is 2.32. The molecule has 1 saturated carbocycles. The topological polar surface area (TPSA) is 58.2 Å². The van der Waals surface area contributed by atoms with Crippen molar-refractivity contribution in [3.63, 3.8) is 0 Å². The van der Waals surface area contributed by atoms with Crippen LogP contribution in [0.4, 0.5) is 8.78 Å². The first-order valence-electron chi connectivity index (χ1n) is 9.45. The first kappa shape index (κ1) is 20.5. The molecular formula is C23H22F2N2O2. The number of carbonyl (C=O) groups excluding carboxylic acids is 2. The number of carbonyl (C=O) groups is 2. The predicted molar refractivity (Wildman–Crippen MR) is 109 cm³/mol. The first-order chi connectivity index (χ1) is 14.0. The molecule has 2 aromatic rings. The van der Waals surface area contributed by atoms with E-state index in [2.05, 4.69) is 10.6 Å². The highest BCUT2D eigenvalue weighted by Gasteiger charge is 2.32. The van der Waals surface area contributed by atoms with Crippen LogP contribution in [0, 0.1) is 17.6 Å². The summed E-state index contributed by atoms with van der Waals surface area (Å²) < 4.78 is 26.3. The van der Waals surface area contributed by atoms with Crippen LogP contribution >= 0.6 is 0 Å². The van der Waals surface area contributed by atoms with E-state index in [0.717, 1.165) is 12.8 Å². The highest BCUT2D eigenvalue weighted by atomic mass is 19.1. The smallest absolute Gasteiger partial charge is 0.244 e. The van der Waals surface area contributed by atoms with Gasteiger partial charge in [0.2, 0.25) is 11.8 Å². The molecule has 0 spiro atoms. The molecule has 1 unspecified atom stereocenters. The fourth-order valence-corrected chi connectivity index (χ4v) is 2.90. The van der Waals surface area contributed by atoms with Crippen molar-refractivity contribution in [3.8, 4) is 0 Å². The fraction of sp³-hybridized carbons (Fsp3) is 0.217. The van der Waals surface area contributed by atoms with E-state index in [1.165, 1.54) is 42.5 Å². The Labute approximate surface area is 168 Å². The molecule has 3 rings (SSSR count). The fourth-order valence-electron chi connectivity index (χ4n) is 2.90. The molecule has 6 heteroatoms. The molecule has 2 aromatic carbocycles. The van der Waals surface area contributed by atoms with E-state index >= 15 is 0 Å². The van der Waals surface area contributed by atoms with Gasteiger partial charge in [-0.1, -0.05) is 24.3 Å². The molecule has 1 atom stereocenters. The van der Waals surface area contributed by atoms with E-state index < -0.39 is 0 Å². The van der Waals surface area contributed by atoms with Gasteiger partial charge in [0.05, 0.1) is 0 Å². The van der Waals surface area contributed by atoms with Crippen LogP contribution in [0.15, 0.2) is 60.7 Å². The van der Waals surface area contributed by atoms with Gasteiger partial charge < -0.3 is 10.6 Å². The summed E-state index contributed by atoms with van der Waals surface area (Å²) in [6.07, 6.45) is 7.76. The van der Waals surface area contributed by atoms with Crippen molar-refractivity contribution in [2.45, 2.75) is 18.9 Å². The number of amides is 2. The lowest BCUT2D eigenvalue weighted by molar-refractivity contribution is -0.119. The Bertz CT molecular complexity index is 936.